The second kappa shape index (κ2) is 13.3. The van der Waals surface area contributed by atoms with Gasteiger partial charge in [-0.05, 0) is 111 Å². The molecule has 3 aromatic carbocycles. The summed E-state index contributed by atoms with van der Waals surface area (Å²) in [5, 5.41) is 7.60. The zero-order valence-electron chi connectivity index (χ0n) is 30.4. The van der Waals surface area contributed by atoms with Crippen molar-refractivity contribution in [2.24, 2.45) is 11.8 Å². The van der Waals surface area contributed by atoms with Crippen molar-refractivity contribution in [3.8, 4) is 23.0 Å². The molecule has 252 valence electrons. The third kappa shape index (κ3) is 5.98. The average Bonchev–Trinajstić information content (AvgIpc) is 3.59. The molecule has 3 atom stereocenters. The van der Waals surface area contributed by atoms with Gasteiger partial charge in [0, 0.05) is 46.3 Å². The summed E-state index contributed by atoms with van der Waals surface area (Å²) in [6.07, 6.45) is 9.22. The molecule has 7 rings (SSSR count). The Balaban J connectivity index is 1.31. The summed E-state index contributed by atoms with van der Waals surface area (Å²) in [4.78, 5) is 4.76. The van der Waals surface area contributed by atoms with Gasteiger partial charge in [-0.25, -0.2) is 9.67 Å². The van der Waals surface area contributed by atoms with E-state index in [1.165, 1.54) is 52.4 Å². The maximum Gasteiger partial charge on any atom is 0.137 e. The first-order valence-electron chi connectivity index (χ1n) is 18.3. The lowest BCUT2D eigenvalue weighted by atomic mass is 9.68. The number of para-hydroxylation sites is 1. The van der Waals surface area contributed by atoms with Crippen LogP contribution < -0.4 is 4.74 Å². The molecule has 0 saturated heterocycles. The Hall–Kier alpha value is -4.64. The van der Waals surface area contributed by atoms with Gasteiger partial charge in [0.05, 0.1) is 22.4 Å². The van der Waals surface area contributed by atoms with E-state index in [1.807, 2.05) is 12.3 Å². The molecule has 6 aromatic rings. The zero-order chi connectivity index (χ0) is 34.4. The van der Waals surface area contributed by atoms with Gasteiger partial charge in [-0.2, -0.15) is 5.10 Å². The van der Waals surface area contributed by atoms with Crippen molar-refractivity contribution in [3.63, 3.8) is 0 Å². The number of aromatic nitrogens is 4. The van der Waals surface area contributed by atoms with Crippen LogP contribution in [-0.4, -0.2) is 19.3 Å². The number of hydrogen-bond acceptors (Lipinski definition) is 3. The molecule has 1 unspecified atom stereocenters. The van der Waals surface area contributed by atoms with Crippen molar-refractivity contribution < 1.29 is 4.74 Å². The Labute approximate surface area is 291 Å². The van der Waals surface area contributed by atoms with Crippen LogP contribution in [0.25, 0.3) is 33.3 Å². The maximum atomic E-state index is 6.75. The molecule has 0 radical (unpaired) electrons. The van der Waals surface area contributed by atoms with Gasteiger partial charge in [0.25, 0.3) is 0 Å². The number of allylic oxidation sites excluding steroid dienone is 2. The van der Waals surface area contributed by atoms with Crippen LogP contribution in [0.2, 0.25) is 0 Å². The largest absolute Gasteiger partial charge is 0.457 e. The summed E-state index contributed by atoms with van der Waals surface area (Å²) >= 11 is 0. The summed E-state index contributed by atoms with van der Waals surface area (Å²) in [6.45, 7) is 18.1. The summed E-state index contributed by atoms with van der Waals surface area (Å²) in [6, 6.07) is 25.7. The molecule has 3 aromatic heterocycles. The fourth-order valence-corrected chi connectivity index (χ4v) is 8.26. The van der Waals surface area contributed by atoms with E-state index in [0.29, 0.717) is 23.7 Å². The SMILES string of the molecule is CCC1=C[C@H](CC)C[C@H](CC)C1c1c(C)nn(-c2cc(Oc3ccc4c5ccccc5n(-c5cc(C)ccn5)c4c3)cc(C(C)C)c2)c1C. The molecule has 1 aliphatic rings. The molecule has 0 fully saturated rings. The summed E-state index contributed by atoms with van der Waals surface area (Å²) in [5.74, 6) is 4.60. The lowest BCUT2D eigenvalue weighted by molar-refractivity contribution is 0.330. The molecule has 0 spiro atoms. The Morgan fingerprint density at radius 1 is 0.837 bits per heavy atom. The summed E-state index contributed by atoms with van der Waals surface area (Å²) in [5.41, 5.74) is 11.0. The van der Waals surface area contributed by atoms with Crippen LogP contribution in [0.1, 0.15) is 100 Å². The van der Waals surface area contributed by atoms with Gasteiger partial charge in [0.2, 0.25) is 0 Å². The van der Waals surface area contributed by atoms with Crippen molar-refractivity contribution in [1.29, 1.82) is 0 Å². The van der Waals surface area contributed by atoms with Crippen LogP contribution in [0.15, 0.2) is 90.6 Å². The highest BCUT2D eigenvalue weighted by Crippen LogP contribution is 2.47. The van der Waals surface area contributed by atoms with Crippen LogP contribution >= 0.6 is 0 Å². The van der Waals surface area contributed by atoms with Crippen LogP contribution in [0, 0.1) is 32.6 Å². The number of nitrogens with zero attached hydrogens (tertiary/aromatic N) is 4. The first-order chi connectivity index (χ1) is 23.7. The number of benzene rings is 3. The molecule has 49 heavy (non-hydrogen) atoms. The first kappa shape index (κ1) is 32.9. The van der Waals surface area contributed by atoms with Crippen molar-refractivity contribution in [2.75, 3.05) is 0 Å². The molecule has 0 aliphatic heterocycles. The molecule has 5 heteroatoms. The van der Waals surface area contributed by atoms with Crippen molar-refractivity contribution in [2.45, 2.75) is 92.9 Å². The molecule has 3 heterocycles. The Kier molecular flexibility index (Phi) is 8.96. The standard InChI is InChI=1S/C44H50N4O/c1-9-31-21-32(10-2)44(33(11-3)22-31)43-29(7)46-48(30(43)8)35-23-34(27(4)5)24-37(25-35)49-36-16-17-39-38-14-12-13-15-40(38)47(41(39)26-36)42-20-28(6)18-19-45-42/h12-21,23-27,31,33,44H,9-11,22H2,1-8H3/t31-,33-,44?/m0/s1. The lowest BCUT2D eigenvalue weighted by Crippen LogP contribution is -2.24. The lowest BCUT2D eigenvalue weighted by Gasteiger charge is -2.36. The van der Waals surface area contributed by atoms with E-state index >= 15 is 0 Å². The minimum absolute atomic E-state index is 0.333. The molecule has 0 bridgehead atoms. The Morgan fingerprint density at radius 3 is 2.37 bits per heavy atom. The quantitative estimate of drug-likeness (QED) is 0.146. The van der Waals surface area contributed by atoms with Crippen LogP contribution in [0.4, 0.5) is 0 Å². The van der Waals surface area contributed by atoms with Gasteiger partial charge in [-0.15, -0.1) is 0 Å². The summed E-state index contributed by atoms with van der Waals surface area (Å²) in [7, 11) is 0. The van der Waals surface area contributed by atoms with Gasteiger partial charge in [-0.1, -0.05) is 70.9 Å². The van der Waals surface area contributed by atoms with E-state index in [4.69, 9.17) is 14.8 Å². The highest BCUT2D eigenvalue weighted by atomic mass is 16.5. The number of ether oxygens (including phenoxy) is 1. The topological polar surface area (TPSA) is 44.9 Å². The van der Waals surface area contributed by atoms with Gasteiger partial charge in [0.15, 0.2) is 0 Å². The number of hydrogen-bond donors (Lipinski definition) is 0. The van der Waals surface area contributed by atoms with Crippen molar-refractivity contribution in [1.82, 2.24) is 19.3 Å². The van der Waals surface area contributed by atoms with Gasteiger partial charge >= 0.3 is 0 Å². The molecule has 0 N–H and O–H groups in total. The van der Waals surface area contributed by atoms with Crippen molar-refractivity contribution in [3.05, 3.63) is 119 Å². The molecule has 1 aliphatic carbocycles. The molecular weight excluding hydrogens is 601 g/mol. The number of aryl methyl sites for hydroxylation is 2. The first-order valence-corrected chi connectivity index (χ1v) is 18.3. The molecule has 0 saturated carbocycles. The minimum Gasteiger partial charge on any atom is -0.457 e. The highest BCUT2D eigenvalue weighted by molar-refractivity contribution is 6.09. The van der Waals surface area contributed by atoms with Gasteiger partial charge in [0.1, 0.15) is 17.3 Å². The van der Waals surface area contributed by atoms with E-state index in [1.54, 1.807) is 5.57 Å². The third-order valence-corrected chi connectivity index (χ3v) is 10.9. The fraction of sp³-hybridized carbons (Fsp3) is 0.364. The zero-order valence-corrected chi connectivity index (χ0v) is 30.4. The van der Waals surface area contributed by atoms with E-state index < -0.39 is 0 Å². The second-order valence-corrected chi connectivity index (χ2v) is 14.4. The molecule has 0 amide bonds. The van der Waals surface area contributed by atoms with Crippen LogP contribution in [0.5, 0.6) is 11.5 Å². The van der Waals surface area contributed by atoms with Crippen LogP contribution in [0.3, 0.4) is 0 Å². The van der Waals surface area contributed by atoms with Gasteiger partial charge < -0.3 is 4.74 Å². The smallest absolute Gasteiger partial charge is 0.137 e. The Morgan fingerprint density at radius 2 is 1.63 bits per heavy atom. The van der Waals surface area contributed by atoms with Crippen LogP contribution in [-0.2, 0) is 0 Å². The van der Waals surface area contributed by atoms with Crippen molar-refractivity contribution >= 4 is 21.8 Å². The van der Waals surface area contributed by atoms with Gasteiger partial charge in [-0.3, -0.25) is 4.57 Å². The van der Waals surface area contributed by atoms with E-state index in [0.717, 1.165) is 46.2 Å². The Bertz CT molecular complexity index is 2180. The molecular formula is C44H50N4O. The fourth-order valence-electron chi connectivity index (χ4n) is 8.26. The number of fused-ring (bicyclic) bond motifs is 3. The predicted molar refractivity (Wildman–Crippen MR) is 204 cm³/mol. The molecule has 5 nitrogen and oxygen atoms in total. The highest BCUT2D eigenvalue weighted by Gasteiger charge is 2.34. The normalized spacial score (nSPS) is 18.1. The second-order valence-electron chi connectivity index (χ2n) is 14.4. The minimum atomic E-state index is 0.333. The third-order valence-electron chi connectivity index (χ3n) is 10.9. The predicted octanol–water partition coefficient (Wildman–Crippen LogP) is 12.1. The maximum absolute atomic E-state index is 6.75. The monoisotopic (exact) mass is 650 g/mol. The van der Waals surface area contributed by atoms with E-state index in [9.17, 15) is 0 Å². The van der Waals surface area contributed by atoms with E-state index in [-0.39, 0.29) is 0 Å². The number of pyridine rings is 1. The average molecular weight is 651 g/mol. The van der Waals surface area contributed by atoms with E-state index in [2.05, 4.69) is 137 Å². The number of rotatable bonds is 9. The summed E-state index contributed by atoms with van der Waals surface area (Å²) < 4.78 is 11.2.